The summed E-state index contributed by atoms with van der Waals surface area (Å²) in [6.07, 6.45) is 3.48. The van der Waals surface area contributed by atoms with Crippen LogP contribution in [0.25, 0.3) is 0 Å². The van der Waals surface area contributed by atoms with Crippen molar-refractivity contribution in [2.45, 2.75) is 19.8 Å². The van der Waals surface area contributed by atoms with Gasteiger partial charge >= 0.3 is 0 Å². The summed E-state index contributed by atoms with van der Waals surface area (Å²) in [5, 5.41) is 0. The van der Waals surface area contributed by atoms with Crippen molar-refractivity contribution < 1.29 is 0 Å². The number of pyridine rings is 1. The Hall–Kier alpha value is -1.31. The molecule has 2 heteroatoms. The van der Waals surface area contributed by atoms with E-state index in [1.165, 1.54) is 0 Å². The maximum Gasteiger partial charge on any atom is 0.0503 e. The van der Waals surface area contributed by atoms with E-state index in [9.17, 15) is 0 Å². The number of hydrogen-bond acceptors (Lipinski definition) is 2. The summed E-state index contributed by atoms with van der Waals surface area (Å²) in [6, 6.07) is 1.94. The SMILES string of the molecule is C=C(C)[C@@H](C)c1cncc(N)c1. The molecule has 1 heterocycles. The average Bonchev–Trinajstić information content (AvgIpc) is 2.03. The second-order valence-corrected chi connectivity index (χ2v) is 3.12. The van der Waals surface area contributed by atoms with Gasteiger partial charge in [-0.25, -0.2) is 0 Å². The molecule has 0 amide bonds. The molecule has 1 aromatic rings. The highest BCUT2D eigenvalue weighted by Crippen LogP contribution is 2.22. The Morgan fingerprint density at radius 2 is 2.25 bits per heavy atom. The highest BCUT2D eigenvalue weighted by molar-refractivity contribution is 5.39. The molecule has 0 aliphatic rings. The fourth-order valence-electron chi connectivity index (χ4n) is 0.998. The molecule has 2 N–H and O–H groups in total. The third-order valence-electron chi connectivity index (χ3n) is 2.02. The van der Waals surface area contributed by atoms with Gasteiger partial charge < -0.3 is 5.73 Å². The average molecular weight is 162 g/mol. The second kappa shape index (κ2) is 3.39. The van der Waals surface area contributed by atoms with Gasteiger partial charge in [0.05, 0.1) is 5.69 Å². The highest BCUT2D eigenvalue weighted by Gasteiger charge is 2.05. The number of nitrogen functional groups attached to an aromatic ring is 1. The Morgan fingerprint density at radius 1 is 1.58 bits per heavy atom. The summed E-state index contributed by atoms with van der Waals surface area (Å²) in [5.74, 6) is 0.334. The Balaban J connectivity index is 2.95. The lowest BCUT2D eigenvalue weighted by Crippen LogP contribution is -1.96. The summed E-state index contributed by atoms with van der Waals surface area (Å²) in [5.41, 5.74) is 8.57. The van der Waals surface area contributed by atoms with Crippen molar-refractivity contribution in [2.24, 2.45) is 0 Å². The van der Waals surface area contributed by atoms with Gasteiger partial charge in [0.2, 0.25) is 0 Å². The number of rotatable bonds is 2. The van der Waals surface area contributed by atoms with Crippen LogP contribution < -0.4 is 5.73 Å². The number of hydrogen-bond donors (Lipinski definition) is 1. The Labute approximate surface area is 73.1 Å². The van der Waals surface area contributed by atoms with Crippen LogP contribution in [0.1, 0.15) is 25.3 Å². The standard InChI is InChI=1S/C10H14N2/c1-7(2)8(3)9-4-10(11)6-12-5-9/h4-6,8H,1,11H2,2-3H3/t8-/m1/s1. The molecule has 0 saturated heterocycles. The molecule has 12 heavy (non-hydrogen) atoms. The van der Waals surface area contributed by atoms with Gasteiger partial charge in [0.1, 0.15) is 0 Å². The molecule has 0 unspecified atom stereocenters. The van der Waals surface area contributed by atoms with Crippen molar-refractivity contribution in [1.82, 2.24) is 4.98 Å². The molecule has 1 atom stereocenters. The first-order valence-corrected chi connectivity index (χ1v) is 3.97. The molecule has 0 aromatic carbocycles. The molecule has 0 saturated carbocycles. The van der Waals surface area contributed by atoms with Crippen LogP contribution >= 0.6 is 0 Å². The molecule has 0 spiro atoms. The van der Waals surface area contributed by atoms with E-state index >= 15 is 0 Å². The van der Waals surface area contributed by atoms with E-state index in [2.05, 4.69) is 18.5 Å². The summed E-state index contributed by atoms with van der Waals surface area (Å²) < 4.78 is 0. The molecule has 1 rings (SSSR count). The largest absolute Gasteiger partial charge is 0.397 e. The second-order valence-electron chi connectivity index (χ2n) is 3.12. The van der Waals surface area contributed by atoms with Gasteiger partial charge in [0.15, 0.2) is 0 Å². The minimum absolute atomic E-state index is 0.334. The van der Waals surface area contributed by atoms with E-state index < -0.39 is 0 Å². The normalized spacial score (nSPS) is 12.5. The van der Waals surface area contributed by atoms with Crippen molar-refractivity contribution >= 4 is 5.69 Å². The minimum Gasteiger partial charge on any atom is -0.397 e. The zero-order chi connectivity index (χ0) is 9.14. The molecular formula is C10H14N2. The molecule has 1 aromatic heterocycles. The fraction of sp³-hybridized carbons (Fsp3) is 0.300. The zero-order valence-corrected chi connectivity index (χ0v) is 7.54. The van der Waals surface area contributed by atoms with Crippen LogP contribution in [0.5, 0.6) is 0 Å². The van der Waals surface area contributed by atoms with E-state index in [1.807, 2.05) is 19.2 Å². The molecule has 0 fully saturated rings. The number of nitrogens with two attached hydrogens (primary N) is 1. The lowest BCUT2D eigenvalue weighted by atomic mass is 9.96. The van der Waals surface area contributed by atoms with Crippen LogP contribution in [0.15, 0.2) is 30.6 Å². The highest BCUT2D eigenvalue weighted by atomic mass is 14.7. The van der Waals surface area contributed by atoms with E-state index in [4.69, 9.17) is 5.73 Å². The van der Waals surface area contributed by atoms with E-state index in [0.29, 0.717) is 11.6 Å². The van der Waals surface area contributed by atoms with Gasteiger partial charge in [-0.1, -0.05) is 19.1 Å². The van der Waals surface area contributed by atoms with Crippen molar-refractivity contribution in [3.63, 3.8) is 0 Å². The maximum atomic E-state index is 5.60. The lowest BCUT2D eigenvalue weighted by Gasteiger charge is -2.10. The molecule has 0 bridgehead atoms. The van der Waals surface area contributed by atoms with Crippen LogP contribution in [0.4, 0.5) is 5.69 Å². The third kappa shape index (κ3) is 1.84. The lowest BCUT2D eigenvalue weighted by molar-refractivity contribution is 0.890. The molecular weight excluding hydrogens is 148 g/mol. The van der Waals surface area contributed by atoms with Crippen LogP contribution in [0.3, 0.4) is 0 Å². The van der Waals surface area contributed by atoms with Crippen molar-refractivity contribution in [1.29, 1.82) is 0 Å². The van der Waals surface area contributed by atoms with Crippen LogP contribution in [0, 0.1) is 0 Å². The summed E-state index contributed by atoms with van der Waals surface area (Å²) in [6.45, 7) is 8.00. The van der Waals surface area contributed by atoms with Gasteiger partial charge in [-0.2, -0.15) is 0 Å². The molecule has 0 radical (unpaired) electrons. The number of allylic oxidation sites excluding steroid dienone is 1. The quantitative estimate of drug-likeness (QED) is 0.678. The molecule has 2 nitrogen and oxygen atoms in total. The molecule has 0 aliphatic heterocycles. The summed E-state index contributed by atoms with van der Waals surface area (Å²) in [7, 11) is 0. The topological polar surface area (TPSA) is 38.9 Å². The monoisotopic (exact) mass is 162 g/mol. The van der Waals surface area contributed by atoms with E-state index in [-0.39, 0.29) is 0 Å². The summed E-state index contributed by atoms with van der Waals surface area (Å²) in [4.78, 5) is 4.02. The van der Waals surface area contributed by atoms with E-state index in [1.54, 1.807) is 6.20 Å². The number of nitrogens with zero attached hydrogens (tertiary/aromatic N) is 1. The van der Waals surface area contributed by atoms with Crippen molar-refractivity contribution in [3.8, 4) is 0 Å². The smallest absolute Gasteiger partial charge is 0.0503 e. The predicted octanol–water partition coefficient (Wildman–Crippen LogP) is 2.34. The van der Waals surface area contributed by atoms with Crippen LogP contribution in [-0.4, -0.2) is 4.98 Å². The summed E-state index contributed by atoms with van der Waals surface area (Å²) >= 11 is 0. The Morgan fingerprint density at radius 3 is 2.75 bits per heavy atom. The molecule has 0 aliphatic carbocycles. The zero-order valence-electron chi connectivity index (χ0n) is 7.54. The Kier molecular flexibility index (Phi) is 2.48. The van der Waals surface area contributed by atoms with E-state index in [0.717, 1.165) is 11.1 Å². The van der Waals surface area contributed by atoms with Gasteiger partial charge in [-0.05, 0) is 18.6 Å². The van der Waals surface area contributed by atoms with Gasteiger partial charge in [-0.15, -0.1) is 0 Å². The van der Waals surface area contributed by atoms with Gasteiger partial charge in [0.25, 0.3) is 0 Å². The van der Waals surface area contributed by atoms with Crippen LogP contribution in [0.2, 0.25) is 0 Å². The number of anilines is 1. The third-order valence-corrected chi connectivity index (χ3v) is 2.02. The van der Waals surface area contributed by atoms with Crippen LogP contribution in [-0.2, 0) is 0 Å². The van der Waals surface area contributed by atoms with Gasteiger partial charge in [0, 0.05) is 18.3 Å². The first kappa shape index (κ1) is 8.78. The Bertz CT molecular complexity index is 292. The predicted molar refractivity (Wildman–Crippen MR) is 51.9 cm³/mol. The maximum absolute atomic E-state index is 5.60. The van der Waals surface area contributed by atoms with Crippen molar-refractivity contribution in [3.05, 3.63) is 36.2 Å². The fourth-order valence-corrected chi connectivity index (χ4v) is 0.998. The van der Waals surface area contributed by atoms with Crippen molar-refractivity contribution in [2.75, 3.05) is 5.73 Å². The first-order valence-electron chi connectivity index (χ1n) is 3.97. The minimum atomic E-state index is 0.334. The molecule has 64 valence electrons. The van der Waals surface area contributed by atoms with Gasteiger partial charge in [-0.3, -0.25) is 4.98 Å². The number of aromatic nitrogens is 1. The first-order chi connectivity index (χ1) is 5.61.